The normalized spacial score (nSPS) is 11.7. The molecule has 0 saturated heterocycles. The monoisotopic (exact) mass is 416 g/mol. The Labute approximate surface area is 170 Å². The molecule has 1 aromatic heterocycles. The van der Waals surface area contributed by atoms with Crippen molar-refractivity contribution in [2.45, 2.75) is 19.6 Å². The fourth-order valence-corrected chi connectivity index (χ4v) is 2.71. The lowest BCUT2D eigenvalue weighted by Gasteiger charge is -2.20. The summed E-state index contributed by atoms with van der Waals surface area (Å²) >= 11 is 0. The van der Waals surface area contributed by atoms with E-state index >= 15 is 0 Å². The van der Waals surface area contributed by atoms with E-state index in [1.807, 2.05) is 6.07 Å². The van der Waals surface area contributed by atoms with Crippen LogP contribution in [0.1, 0.15) is 33.4 Å². The molecule has 1 amide bonds. The summed E-state index contributed by atoms with van der Waals surface area (Å²) in [5.41, 5.74) is 1.90. The second kappa shape index (κ2) is 9.64. The van der Waals surface area contributed by atoms with Gasteiger partial charge in [0.15, 0.2) is 6.61 Å². The number of hydrogen-bond acceptors (Lipinski definition) is 6. The van der Waals surface area contributed by atoms with Gasteiger partial charge in [0.1, 0.15) is 5.75 Å². The Hall–Kier alpha value is -3.75. The molecule has 7 nitrogen and oxygen atoms in total. The van der Waals surface area contributed by atoms with E-state index in [9.17, 15) is 18.4 Å². The minimum absolute atomic E-state index is 0.00293. The van der Waals surface area contributed by atoms with Gasteiger partial charge in [-0.3, -0.25) is 4.79 Å². The number of carbonyl (C=O) groups is 2. The lowest BCUT2D eigenvalue weighted by molar-refractivity contribution is -0.124. The lowest BCUT2D eigenvalue weighted by Crippen LogP contribution is -2.33. The third-order valence-electron chi connectivity index (χ3n) is 4.04. The molecule has 0 spiro atoms. The highest BCUT2D eigenvalue weighted by molar-refractivity contribution is 5.88. The summed E-state index contributed by atoms with van der Waals surface area (Å²) in [4.78, 5) is 24.3. The van der Waals surface area contributed by atoms with Gasteiger partial charge < -0.3 is 19.3 Å². The number of amides is 1. The van der Waals surface area contributed by atoms with Gasteiger partial charge in [0.25, 0.3) is 5.91 Å². The zero-order valence-corrected chi connectivity index (χ0v) is 15.9. The molecular weight excluding hydrogens is 398 g/mol. The molecule has 0 saturated carbocycles. The molecule has 0 radical (unpaired) electrons. The second-order valence-corrected chi connectivity index (χ2v) is 6.27. The molecular formula is C21H18F2N2O5. The van der Waals surface area contributed by atoms with Crippen LogP contribution in [0.3, 0.4) is 0 Å². The number of aromatic nitrogens is 1. The Kier molecular flexibility index (Phi) is 6.74. The molecule has 0 aliphatic heterocycles. The molecule has 0 unspecified atom stereocenters. The molecule has 0 aliphatic rings. The van der Waals surface area contributed by atoms with E-state index in [1.54, 1.807) is 43.3 Å². The van der Waals surface area contributed by atoms with Crippen LogP contribution >= 0.6 is 0 Å². The number of alkyl halides is 2. The first-order valence-electron chi connectivity index (χ1n) is 8.92. The van der Waals surface area contributed by atoms with Crippen LogP contribution in [0.15, 0.2) is 65.2 Å². The SMILES string of the molecule is Cc1cc(C(=O)OCC(=O)N[C@H](c2ccccc2)c2ccc(OC(F)F)cc2)on1. The van der Waals surface area contributed by atoms with Crippen molar-refractivity contribution in [3.05, 3.63) is 83.2 Å². The maximum absolute atomic E-state index is 12.4. The van der Waals surface area contributed by atoms with Crippen LogP contribution in [0.25, 0.3) is 0 Å². The van der Waals surface area contributed by atoms with Crippen molar-refractivity contribution in [1.82, 2.24) is 10.5 Å². The van der Waals surface area contributed by atoms with Crippen LogP contribution in [0.2, 0.25) is 0 Å². The highest BCUT2D eigenvalue weighted by Crippen LogP contribution is 2.25. The Morgan fingerprint density at radius 3 is 2.33 bits per heavy atom. The molecule has 156 valence electrons. The molecule has 2 aromatic carbocycles. The van der Waals surface area contributed by atoms with Crippen LogP contribution in [-0.2, 0) is 9.53 Å². The van der Waals surface area contributed by atoms with Crippen molar-refractivity contribution in [3.63, 3.8) is 0 Å². The van der Waals surface area contributed by atoms with Crippen LogP contribution in [0, 0.1) is 6.92 Å². The lowest BCUT2D eigenvalue weighted by atomic mass is 9.98. The number of aryl methyl sites for hydroxylation is 1. The first kappa shape index (κ1) is 21.0. The van der Waals surface area contributed by atoms with Crippen molar-refractivity contribution in [2.75, 3.05) is 6.61 Å². The van der Waals surface area contributed by atoms with Crippen molar-refractivity contribution in [1.29, 1.82) is 0 Å². The summed E-state index contributed by atoms with van der Waals surface area (Å²) < 4.78 is 38.8. The Bertz CT molecular complexity index is 990. The van der Waals surface area contributed by atoms with E-state index in [4.69, 9.17) is 9.26 Å². The van der Waals surface area contributed by atoms with E-state index in [0.29, 0.717) is 11.3 Å². The maximum atomic E-state index is 12.4. The van der Waals surface area contributed by atoms with Crippen LogP contribution < -0.4 is 10.1 Å². The van der Waals surface area contributed by atoms with Crippen molar-refractivity contribution in [2.24, 2.45) is 0 Å². The molecule has 1 heterocycles. The number of ether oxygens (including phenoxy) is 2. The summed E-state index contributed by atoms with van der Waals surface area (Å²) in [7, 11) is 0. The van der Waals surface area contributed by atoms with Gasteiger partial charge in [0.05, 0.1) is 11.7 Å². The zero-order valence-electron chi connectivity index (χ0n) is 15.9. The molecule has 9 heteroatoms. The van der Waals surface area contributed by atoms with E-state index in [-0.39, 0.29) is 11.5 Å². The molecule has 1 atom stereocenters. The Balaban J connectivity index is 1.70. The van der Waals surface area contributed by atoms with Gasteiger partial charge in [-0.05, 0) is 30.2 Å². The van der Waals surface area contributed by atoms with Crippen LogP contribution in [-0.4, -0.2) is 30.3 Å². The van der Waals surface area contributed by atoms with E-state index in [1.165, 1.54) is 18.2 Å². The summed E-state index contributed by atoms with van der Waals surface area (Å²) in [6.07, 6.45) is 0. The van der Waals surface area contributed by atoms with Gasteiger partial charge in [-0.15, -0.1) is 0 Å². The molecule has 0 fully saturated rings. The minimum Gasteiger partial charge on any atom is -0.450 e. The zero-order chi connectivity index (χ0) is 21.5. The van der Waals surface area contributed by atoms with Crippen LogP contribution in [0.4, 0.5) is 8.78 Å². The number of nitrogens with one attached hydrogen (secondary N) is 1. The third kappa shape index (κ3) is 5.63. The fraction of sp³-hybridized carbons (Fsp3) is 0.190. The van der Waals surface area contributed by atoms with E-state index in [0.717, 1.165) is 5.56 Å². The highest BCUT2D eigenvalue weighted by Gasteiger charge is 2.20. The summed E-state index contributed by atoms with van der Waals surface area (Å²) in [6.45, 7) is -1.81. The molecule has 1 N–H and O–H groups in total. The number of nitrogens with zero attached hydrogens (tertiary/aromatic N) is 1. The first-order chi connectivity index (χ1) is 14.4. The van der Waals surface area contributed by atoms with Gasteiger partial charge >= 0.3 is 12.6 Å². The van der Waals surface area contributed by atoms with Gasteiger partial charge in [0.2, 0.25) is 5.76 Å². The average molecular weight is 416 g/mol. The number of carbonyl (C=O) groups excluding carboxylic acids is 2. The Morgan fingerprint density at radius 2 is 1.73 bits per heavy atom. The van der Waals surface area contributed by atoms with E-state index in [2.05, 4.69) is 15.2 Å². The first-order valence-corrected chi connectivity index (χ1v) is 8.92. The number of rotatable bonds is 8. The minimum atomic E-state index is -2.93. The van der Waals surface area contributed by atoms with Gasteiger partial charge in [0, 0.05) is 6.07 Å². The maximum Gasteiger partial charge on any atom is 0.387 e. The van der Waals surface area contributed by atoms with Gasteiger partial charge in [-0.25, -0.2) is 4.79 Å². The van der Waals surface area contributed by atoms with Crippen molar-refractivity contribution >= 4 is 11.9 Å². The van der Waals surface area contributed by atoms with E-state index < -0.39 is 31.1 Å². The molecule has 30 heavy (non-hydrogen) atoms. The molecule has 0 bridgehead atoms. The largest absolute Gasteiger partial charge is 0.450 e. The second-order valence-electron chi connectivity index (χ2n) is 6.27. The average Bonchev–Trinajstić information content (AvgIpc) is 3.17. The smallest absolute Gasteiger partial charge is 0.387 e. The fourth-order valence-electron chi connectivity index (χ4n) is 2.71. The molecule has 3 rings (SSSR count). The quantitative estimate of drug-likeness (QED) is 0.564. The molecule has 3 aromatic rings. The van der Waals surface area contributed by atoms with Gasteiger partial charge in [-0.2, -0.15) is 8.78 Å². The predicted octanol–water partition coefficient (Wildman–Crippen LogP) is 3.65. The number of halogens is 2. The third-order valence-corrected chi connectivity index (χ3v) is 4.04. The Morgan fingerprint density at radius 1 is 1.07 bits per heavy atom. The number of hydrogen-bond donors (Lipinski definition) is 1. The summed E-state index contributed by atoms with van der Waals surface area (Å²) in [5.74, 6) is -1.46. The molecule has 0 aliphatic carbocycles. The number of benzene rings is 2. The standard InChI is InChI=1S/C21H18F2N2O5/c1-13-11-17(30-25-13)20(27)28-12-18(26)24-19(14-5-3-2-4-6-14)15-7-9-16(10-8-15)29-21(22)23/h2-11,19,21H,12H2,1H3,(H,24,26)/t19-/m1/s1. The van der Waals surface area contributed by atoms with Crippen LogP contribution in [0.5, 0.6) is 5.75 Å². The van der Waals surface area contributed by atoms with Crippen molar-refractivity contribution < 1.29 is 32.4 Å². The summed E-state index contributed by atoms with van der Waals surface area (Å²) in [6, 6.07) is 15.7. The number of esters is 1. The predicted molar refractivity (Wildman–Crippen MR) is 101 cm³/mol. The highest BCUT2D eigenvalue weighted by atomic mass is 19.3. The van der Waals surface area contributed by atoms with Crippen molar-refractivity contribution in [3.8, 4) is 5.75 Å². The van der Waals surface area contributed by atoms with Gasteiger partial charge in [-0.1, -0.05) is 47.6 Å². The topological polar surface area (TPSA) is 90.7 Å². The summed E-state index contributed by atoms with van der Waals surface area (Å²) in [5, 5.41) is 6.35.